The quantitative estimate of drug-likeness (QED) is 0.419. The highest BCUT2D eigenvalue weighted by molar-refractivity contribution is 9.10. The van der Waals surface area contributed by atoms with Crippen LogP contribution in [0.4, 0.5) is 0 Å². The first-order chi connectivity index (χ1) is 12.5. The van der Waals surface area contributed by atoms with Gasteiger partial charge >= 0.3 is 0 Å². The van der Waals surface area contributed by atoms with Crippen molar-refractivity contribution in [1.29, 1.82) is 0 Å². The molecule has 3 aromatic rings. The van der Waals surface area contributed by atoms with Gasteiger partial charge in [-0.15, -0.1) is 0 Å². The number of aryl methyl sites for hydroxylation is 1. The molecule has 26 heavy (non-hydrogen) atoms. The summed E-state index contributed by atoms with van der Waals surface area (Å²) < 4.78 is 8.34. The van der Waals surface area contributed by atoms with Gasteiger partial charge in [0.1, 0.15) is 23.7 Å². The number of fused-ring (bicyclic) bond motifs is 1. The Bertz CT molecular complexity index is 900. The van der Waals surface area contributed by atoms with Crippen molar-refractivity contribution >= 4 is 44.6 Å². The molecule has 0 saturated heterocycles. The van der Waals surface area contributed by atoms with Crippen LogP contribution in [0.25, 0.3) is 11.0 Å². The summed E-state index contributed by atoms with van der Waals surface area (Å²) in [5.74, 6) is 1.10. The summed E-state index contributed by atoms with van der Waals surface area (Å²) in [6, 6.07) is 7.61. The molecule has 0 spiro atoms. The van der Waals surface area contributed by atoms with E-state index in [-0.39, 0.29) is 5.91 Å². The van der Waals surface area contributed by atoms with Gasteiger partial charge in [0.05, 0.1) is 23.9 Å². The Hall–Kier alpha value is -2.13. The highest BCUT2D eigenvalue weighted by Gasteiger charge is 2.13. The molecule has 0 aliphatic carbocycles. The largest absolute Gasteiger partial charge is 0.492 e. The Morgan fingerprint density at radius 3 is 2.85 bits per heavy atom. The van der Waals surface area contributed by atoms with Gasteiger partial charge in [-0.2, -0.15) is 5.10 Å². The zero-order chi connectivity index (χ0) is 18.5. The van der Waals surface area contributed by atoms with Crippen LogP contribution in [0.5, 0.6) is 5.75 Å². The number of ether oxygens (including phenoxy) is 1. The van der Waals surface area contributed by atoms with E-state index in [1.165, 1.54) is 18.1 Å². The van der Waals surface area contributed by atoms with Crippen molar-refractivity contribution in [2.24, 2.45) is 7.05 Å². The van der Waals surface area contributed by atoms with E-state index in [0.717, 1.165) is 26.3 Å². The molecule has 1 aromatic carbocycles. The van der Waals surface area contributed by atoms with Gasteiger partial charge < -0.3 is 9.64 Å². The number of nitrogens with zero attached hydrogens (tertiary/aromatic N) is 5. The minimum Gasteiger partial charge on any atom is -0.492 e. The first kappa shape index (κ1) is 18.7. The topological polar surface area (TPSA) is 73.1 Å². The van der Waals surface area contributed by atoms with E-state index in [2.05, 4.69) is 31.0 Å². The number of amides is 1. The number of hydrogen-bond acceptors (Lipinski definition) is 6. The second-order valence-electron chi connectivity index (χ2n) is 5.59. The van der Waals surface area contributed by atoms with Gasteiger partial charge in [0.25, 0.3) is 0 Å². The molecule has 0 aliphatic rings. The molecule has 2 aromatic heterocycles. The lowest BCUT2D eigenvalue weighted by atomic mass is 10.3. The van der Waals surface area contributed by atoms with Crippen molar-refractivity contribution in [3.63, 3.8) is 0 Å². The van der Waals surface area contributed by atoms with Gasteiger partial charge in [0, 0.05) is 18.6 Å². The van der Waals surface area contributed by atoms with Crippen LogP contribution in [0.15, 0.2) is 46.3 Å². The van der Waals surface area contributed by atoms with Gasteiger partial charge in [-0.05, 0) is 24.3 Å². The third-order valence-electron chi connectivity index (χ3n) is 3.76. The molecule has 0 fully saturated rings. The Balaban J connectivity index is 1.48. The van der Waals surface area contributed by atoms with Crippen molar-refractivity contribution in [3.8, 4) is 5.75 Å². The number of halogens is 1. The molecule has 0 saturated carbocycles. The number of aromatic nitrogens is 4. The molecule has 0 unspecified atom stereocenters. The lowest BCUT2D eigenvalue weighted by Gasteiger charge is -2.17. The maximum atomic E-state index is 12.3. The number of hydrogen-bond donors (Lipinski definition) is 0. The summed E-state index contributed by atoms with van der Waals surface area (Å²) in [7, 11) is 3.60. The van der Waals surface area contributed by atoms with Crippen LogP contribution in [0.2, 0.25) is 0 Å². The third kappa shape index (κ3) is 4.53. The van der Waals surface area contributed by atoms with Crippen molar-refractivity contribution in [3.05, 3.63) is 41.3 Å². The zero-order valence-corrected chi connectivity index (χ0v) is 16.8. The van der Waals surface area contributed by atoms with Gasteiger partial charge in [-0.1, -0.05) is 27.7 Å². The summed E-state index contributed by atoms with van der Waals surface area (Å²) in [6.45, 7) is 0.955. The predicted octanol–water partition coefficient (Wildman–Crippen LogP) is 2.76. The number of likely N-dealkylation sites (N-methyl/N-ethyl adjacent to an activating group) is 1. The van der Waals surface area contributed by atoms with E-state index in [4.69, 9.17) is 4.74 Å². The lowest BCUT2D eigenvalue weighted by molar-refractivity contribution is -0.127. The van der Waals surface area contributed by atoms with E-state index in [9.17, 15) is 4.79 Å². The van der Waals surface area contributed by atoms with Crippen LogP contribution in [0.3, 0.4) is 0 Å². The van der Waals surface area contributed by atoms with Gasteiger partial charge in [-0.3, -0.25) is 9.48 Å². The number of benzene rings is 1. The average molecular weight is 436 g/mol. The molecule has 7 nitrogen and oxygen atoms in total. The third-order valence-corrected chi connectivity index (χ3v) is 5.28. The molecule has 1 amide bonds. The Morgan fingerprint density at radius 2 is 2.08 bits per heavy atom. The van der Waals surface area contributed by atoms with Gasteiger partial charge in [0.2, 0.25) is 5.91 Å². The van der Waals surface area contributed by atoms with Crippen LogP contribution < -0.4 is 4.74 Å². The van der Waals surface area contributed by atoms with Gasteiger partial charge in [-0.25, -0.2) is 9.97 Å². The van der Waals surface area contributed by atoms with E-state index < -0.39 is 0 Å². The Kier molecular flexibility index (Phi) is 6.10. The molecular weight excluding hydrogens is 418 g/mol. The van der Waals surface area contributed by atoms with Crippen molar-refractivity contribution in [1.82, 2.24) is 24.6 Å². The van der Waals surface area contributed by atoms with Crippen molar-refractivity contribution in [2.75, 3.05) is 26.0 Å². The molecule has 2 heterocycles. The molecular formula is C17H18BrN5O2S. The average Bonchev–Trinajstić information content (AvgIpc) is 3.03. The smallest absolute Gasteiger partial charge is 0.232 e. The molecule has 3 rings (SSSR count). The monoisotopic (exact) mass is 435 g/mol. The molecule has 9 heteroatoms. The highest BCUT2D eigenvalue weighted by Crippen LogP contribution is 2.23. The lowest BCUT2D eigenvalue weighted by Crippen LogP contribution is -2.32. The fourth-order valence-electron chi connectivity index (χ4n) is 2.25. The molecule has 0 N–H and O–H groups in total. The van der Waals surface area contributed by atoms with Crippen LogP contribution in [-0.2, 0) is 11.8 Å². The zero-order valence-electron chi connectivity index (χ0n) is 14.4. The Morgan fingerprint density at radius 1 is 1.31 bits per heavy atom. The summed E-state index contributed by atoms with van der Waals surface area (Å²) in [5, 5.41) is 5.80. The normalized spacial score (nSPS) is 10.9. The number of carbonyl (C=O) groups is 1. The molecule has 0 radical (unpaired) electrons. The van der Waals surface area contributed by atoms with Crippen LogP contribution in [0.1, 0.15) is 0 Å². The summed E-state index contributed by atoms with van der Waals surface area (Å²) >= 11 is 4.77. The number of thioether (sulfide) groups is 1. The molecule has 0 bridgehead atoms. The first-order valence-corrected chi connectivity index (χ1v) is 9.70. The van der Waals surface area contributed by atoms with E-state index in [0.29, 0.717) is 18.9 Å². The fourth-order valence-corrected chi connectivity index (χ4v) is 3.42. The maximum absolute atomic E-state index is 12.3. The first-order valence-electron chi connectivity index (χ1n) is 7.92. The highest BCUT2D eigenvalue weighted by atomic mass is 79.9. The van der Waals surface area contributed by atoms with E-state index in [1.807, 2.05) is 31.3 Å². The maximum Gasteiger partial charge on any atom is 0.232 e. The standard InChI is InChI=1S/C17H18BrN5O2S/c1-22(7-8-25-13-5-3-12(18)4-6-13)15(24)10-26-17-14-9-21-23(2)16(14)19-11-20-17/h3-6,9,11H,7-8,10H2,1-2H3. The molecule has 0 aliphatic heterocycles. The molecule has 0 atom stereocenters. The minimum absolute atomic E-state index is 0.0186. The van der Waals surface area contributed by atoms with E-state index >= 15 is 0 Å². The van der Waals surface area contributed by atoms with Crippen LogP contribution in [-0.4, -0.2) is 56.5 Å². The summed E-state index contributed by atoms with van der Waals surface area (Å²) in [4.78, 5) is 22.4. The minimum atomic E-state index is 0.0186. The van der Waals surface area contributed by atoms with Crippen molar-refractivity contribution in [2.45, 2.75) is 5.03 Å². The van der Waals surface area contributed by atoms with Gasteiger partial charge in [0.15, 0.2) is 5.65 Å². The van der Waals surface area contributed by atoms with E-state index in [1.54, 1.807) is 22.8 Å². The van der Waals surface area contributed by atoms with Crippen LogP contribution >= 0.6 is 27.7 Å². The second-order valence-corrected chi connectivity index (χ2v) is 7.47. The SMILES string of the molecule is CN(CCOc1ccc(Br)cc1)C(=O)CSc1ncnc2c1cnn2C. The van der Waals surface area contributed by atoms with Crippen molar-refractivity contribution < 1.29 is 9.53 Å². The Labute approximate surface area is 163 Å². The summed E-state index contributed by atoms with van der Waals surface area (Å²) in [5.41, 5.74) is 0.756. The second kappa shape index (κ2) is 8.50. The number of carbonyl (C=O) groups excluding carboxylic acids is 1. The predicted molar refractivity (Wildman–Crippen MR) is 104 cm³/mol. The van der Waals surface area contributed by atoms with Crippen LogP contribution in [0, 0.1) is 0 Å². The summed E-state index contributed by atoms with van der Waals surface area (Å²) in [6.07, 6.45) is 3.21. The fraction of sp³-hybridized carbons (Fsp3) is 0.294. The molecule has 136 valence electrons. The number of rotatable bonds is 7.